The number of fused-ring (bicyclic) bond motifs is 1. The van der Waals surface area contributed by atoms with Crippen LogP contribution in [0, 0.1) is 12.7 Å². The van der Waals surface area contributed by atoms with E-state index in [1.807, 2.05) is 29.7 Å². The average Bonchev–Trinajstić information content (AvgIpc) is 2.78. The van der Waals surface area contributed by atoms with Crippen molar-refractivity contribution >= 4 is 17.2 Å². The van der Waals surface area contributed by atoms with Gasteiger partial charge in [0.15, 0.2) is 0 Å². The molecule has 0 saturated carbocycles. The van der Waals surface area contributed by atoms with Gasteiger partial charge in [0, 0.05) is 12.6 Å². The Hall–Kier alpha value is -1.87. The highest BCUT2D eigenvalue weighted by Gasteiger charge is 2.11. The van der Waals surface area contributed by atoms with Gasteiger partial charge >= 0.3 is 0 Å². The quantitative estimate of drug-likeness (QED) is 0.663. The van der Waals surface area contributed by atoms with Gasteiger partial charge in [-0.25, -0.2) is 9.37 Å². The third-order valence-corrected chi connectivity index (χ3v) is 3.61. The Bertz CT molecular complexity index is 747. The number of hydrogen-bond acceptors (Lipinski definition) is 1. The first-order chi connectivity index (χ1) is 9.67. The lowest BCUT2D eigenvalue weighted by Gasteiger charge is -2.02. The van der Waals surface area contributed by atoms with Gasteiger partial charge < -0.3 is 4.40 Å². The van der Waals surface area contributed by atoms with Crippen LogP contribution in [-0.4, -0.2) is 9.38 Å². The number of hydrogen-bond donors (Lipinski definition) is 0. The third kappa shape index (κ3) is 2.41. The summed E-state index contributed by atoms with van der Waals surface area (Å²) in [5.41, 5.74) is 5.02. The van der Waals surface area contributed by atoms with Crippen LogP contribution < -0.4 is 0 Å². The minimum absolute atomic E-state index is 0.225. The van der Waals surface area contributed by atoms with Crippen LogP contribution in [0.3, 0.4) is 0 Å². The van der Waals surface area contributed by atoms with Gasteiger partial charge in [-0.05, 0) is 36.2 Å². The molecular weight excluding hydrogens is 275 g/mol. The molecule has 20 heavy (non-hydrogen) atoms. The number of imidazole rings is 1. The van der Waals surface area contributed by atoms with E-state index in [0.29, 0.717) is 12.3 Å². The molecule has 0 amide bonds. The Kier molecular flexibility index (Phi) is 3.45. The summed E-state index contributed by atoms with van der Waals surface area (Å²) in [7, 11) is 0. The molecule has 0 aliphatic carbocycles. The number of rotatable bonds is 3. The van der Waals surface area contributed by atoms with Crippen molar-refractivity contribution in [2.75, 3.05) is 0 Å². The lowest BCUT2D eigenvalue weighted by Crippen LogP contribution is -1.96. The van der Waals surface area contributed by atoms with Crippen molar-refractivity contribution in [3.05, 3.63) is 70.9 Å². The third-order valence-electron chi connectivity index (χ3n) is 3.36. The maximum absolute atomic E-state index is 12.9. The van der Waals surface area contributed by atoms with Crippen molar-refractivity contribution in [3.8, 4) is 0 Å². The number of aromatic nitrogens is 2. The molecule has 0 unspecified atom stereocenters. The summed E-state index contributed by atoms with van der Waals surface area (Å²) >= 11 is 6.08. The van der Waals surface area contributed by atoms with E-state index in [-0.39, 0.29) is 5.82 Å². The molecule has 0 N–H and O–H groups in total. The summed E-state index contributed by atoms with van der Waals surface area (Å²) in [6.45, 7) is 2.04. The zero-order chi connectivity index (χ0) is 14.1. The highest BCUT2D eigenvalue weighted by molar-refractivity contribution is 6.17. The van der Waals surface area contributed by atoms with Crippen molar-refractivity contribution in [1.82, 2.24) is 9.38 Å². The average molecular weight is 289 g/mol. The van der Waals surface area contributed by atoms with E-state index in [1.165, 1.54) is 12.1 Å². The van der Waals surface area contributed by atoms with Crippen LogP contribution in [0.25, 0.3) is 5.65 Å². The molecule has 102 valence electrons. The minimum Gasteiger partial charge on any atom is -0.302 e. The molecule has 4 heteroatoms. The molecule has 2 nitrogen and oxygen atoms in total. The first-order valence-electron chi connectivity index (χ1n) is 6.44. The van der Waals surface area contributed by atoms with Gasteiger partial charge in [-0.15, -0.1) is 11.6 Å². The lowest BCUT2D eigenvalue weighted by molar-refractivity contribution is 0.627. The number of halogens is 2. The molecule has 0 radical (unpaired) electrons. The van der Waals surface area contributed by atoms with E-state index in [0.717, 1.165) is 28.2 Å². The Labute approximate surface area is 121 Å². The fourth-order valence-corrected chi connectivity index (χ4v) is 2.61. The highest BCUT2D eigenvalue weighted by Crippen LogP contribution is 2.19. The Morgan fingerprint density at radius 3 is 2.60 bits per heavy atom. The largest absolute Gasteiger partial charge is 0.302 e. The fraction of sp³-hybridized carbons (Fsp3) is 0.188. The molecule has 0 aliphatic rings. The summed E-state index contributed by atoms with van der Waals surface area (Å²) in [4.78, 5) is 4.63. The molecule has 0 spiro atoms. The van der Waals surface area contributed by atoms with Crippen LogP contribution in [0.4, 0.5) is 4.39 Å². The lowest BCUT2D eigenvalue weighted by atomic mass is 10.1. The number of nitrogens with zero attached hydrogens (tertiary/aromatic N) is 2. The van der Waals surface area contributed by atoms with Gasteiger partial charge in [0.25, 0.3) is 0 Å². The van der Waals surface area contributed by atoms with E-state index < -0.39 is 0 Å². The SMILES string of the molecule is Cc1ccc2nc(Cc3ccc(F)cc3)c(CCl)n2c1. The smallest absolute Gasteiger partial charge is 0.137 e. The topological polar surface area (TPSA) is 17.3 Å². The van der Waals surface area contributed by atoms with Crippen LogP contribution in [0.5, 0.6) is 0 Å². The normalized spacial score (nSPS) is 11.2. The monoisotopic (exact) mass is 288 g/mol. The van der Waals surface area contributed by atoms with Crippen LogP contribution in [-0.2, 0) is 12.3 Å². The molecule has 0 bridgehead atoms. The van der Waals surface area contributed by atoms with Crippen LogP contribution in [0.2, 0.25) is 0 Å². The van der Waals surface area contributed by atoms with E-state index in [4.69, 9.17) is 11.6 Å². The molecule has 0 atom stereocenters. The maximum atomic E-state index is 12.9. The molecule has 0 saturated heterocycles. The molecule has 3 aromatic rings. The van der Waals surface area contributed by atoms with Crippen molar-refractivity contribution in [3.63, 3.8) is 0 Å². The molecule has 1 aromatic carbocycles. The predicted molar refractivity (Wildman–Crippen MR) is 78.7 cm³/mol. The summed E-state index contributed by atoms with van der Waals surface area (Å²) in [6.07, 6.45) is 2.69. The van der Waals surface area contributed by atoms with Gasteiger partial charge in [0.1, 0.15) is 11.5 Å². The molecular formula is C16H14ClFN2. The van der Waals surface area contributed by atoms with Crippen molar-refractivity contribution in [1.29, 1.82) is 0 Å². The number of aryl methyl sites for hydroxylation is 1. The number of alkyl halides is 1. The van der Waals surface area contributed by atoms with Gasteiger partial charge in [-0.2, -0.15) is 0 Å². The van der Waals surface area contributed by atoms with Gasteiger partial charge in [-0.3, -0.25) is 0 Å². The molecule has 2 aromatic heterocycles. The summed E-state index contributed by atoms with van der Waals surface area (Å²) < 4.78 is 15.0. The van der Waals surface area contributed by atoms with Crippen LogP contribution in [0.1, 0.15) is 22.5 Å². The summed E-state index contributed by atoms with van der Waals surface area (Å²) in [5, 5.41) is 0. The second kappa shape index (κ2) is 5.25. The zero-order valence-corrected chi connectivity index (χ0v) is 11.9. The Morgan fingerprint density at radius 2 is 1.90 bits per heavy atom. The Balaban J connectivity index is 2.04. The summed E-state index contributed by atoms with van der Waals surface area (Å²) in [5.74, 6) is 0.179. The van der Waals surface area contributed by atoms with Crippen molar-refractivity contribution in [2.45, 2.75) is 19.2 Å². The highest BCUT2D eigenvalue weighted by atomic mass is 35.5. The molecule has 2 heterocycles. The maximum Gasteiger partial charge on any atom is 0.137 e. The second-order valence-corrected chi connectivity index (χ2v) is 5.14. The molecule has 0 fully saturated rings. The fourth-order valence-electron chi connectivity index (χ4n) is 2.33. The number of pyridine rings is 1. The summed E-state index contributed by atoms with van der Waals surface area (Å²) in [6, 6.07) is 10.5. The molecule has 3 rings (SSSR count). The first kappa shape index (κ1) is 13.1. The van der Waals surface area contributed by atoms with E-state index >= 15 is 0 Å². The van der Waals surface area contributed by atoms with Crippen molar-refractivity contribution < 1.29 is 4.39 Å². The zero-order valence-electron chi connectivity index (χ0n) is 11.1. The second-order valence-electron chi connectivity index (χ2n) is 4.88. The van der Waals surface area contributed by atoms with Gasteiger partial charge in [0.2, 0.25) is 0 Å². The standard InChI is InChI=1S/C16H14ClFN2/c1-11-2-7-16-19-14(15(9-17)20(16)10-11)8-12-3-5-13(18)6-4-12/h2-7,10H,8-9H2,1H3. The van der Waals surface area contributed by atoms with Crippen molar-refractivity contribution in [2.24, 2.45) is 0 Å². The van der Waals surface area contributed by atoms with E-state index in [2.05, 4.69) is 4.98 Å². The van der Waals surface area contributed by atoms with E-state index in [1.54, 1.807) is 12.1 Å². The first-order valence-corrected chi connectivity index (χ1v) is 6.97. The van der Waals surface area contributed by atoms with E-state index in [9.17, 15) is 4.39 Å². The minimum atomic E-state index is -0.225. The molecule has 0 aliphatic heterocycles. The van der Waals surface area contributed by atoms with Crippen LogP contribution >= 0.6 is 11.6 Å². The Morgan fingerprint density at radius 1 is 1.15 bits per heavy atom. The van der Waals surface area contributed by atoms with Crippen LogP contribution in [0.15, 0.2) is 42.6 Å². The van der Waals surface area contributed by atoms with Gasteiger partial charge in [0.05, 0.1) is 17.3 Å². The number of benzene rings is 1. The predicted octanol–water partition coefficient (Wildman–Crippen LogP) is 4.11. The van der Waals surface area contributed by atoms with Gasteiger partial charge in [-0.1, -0.05) is 18.2 Å².